The van der Waals surface area contributed by atoms with Crippen LogP contribution in [0.4, 0.5) is 0 Å². The molecule has 0 fully saturated rings. The summed E-state index contributed by atoms with van der Waals surface area (Å²) in [5, 5.41) is 10.2. The minimum atomic E-state index is -0.414. The van der Waals surface area contributed by atoms with E-state index in [2.05, 4.69) is 10.2 Å². The largest absolute Gasteiger partial charge is 0.465 e. The summed E-state index contributed by atoms with van der Waals surface area (Å²) in [7, 11) is 4.97. The van der Waals surface area contributed by atoms with Gasteiger partial charge < -0.3 is 9.30 Å². The van der Waals surface area contributed by atoms with Crippen molar-refractivity contribution in [2.45, 2.75) is 6.54 Å². The number of fused-ring (bicyclic) bond motifs is 3. The van der Waals surface area contributed by atoms with Gasteiger partial charge in [0.05, 0.1) is 31.1 Å². The van der Waals surface area contributed by atoms with Crippen molar-refractivity contribution in [3.05, 3.63) is 58.3 Å². The summed E-state index contributed by atoms with van der Waals surface area (Å²) >= 11 is 0. The third-order valence-electron chi connectivity index (χ3n) is 4.50. The van der Waals surface area contributed by atoms with Crippen LogP contribution < -0.4 is 5.56 Å². The Kier molecular flexibility index (Phi) is 3.61. The van der Waals surface area contributed by atoms with E-state index in [1.54, 1.807) is 34.6 Å². The van der Waals surface area contributed by atoms with E-state index in [9.17, 15) is 9.59 Å². The third-order valence-corrected chi connectivity index (χ3v) is 4.50. The van der Waals surface area contributed by atoms with Crippen LogP contribution in [0.3, 0.4) is 0 Å². The minimum Gasteiger partial charge on any atom is -0.465 e. The maximum absolute atomic E-state index is 13.0. The predicted octanol–water partition coefficient (Wildman–Crippen LogP) is 1.46. The molecule has 3 aromatic heterocycles. The van der Waals surface area contributed by atoms with Crippen LogP contribution >= 0.6 is 0 Å². The quantitative estimate of drug-likeness (QED) is 0.522. The van der Waals surface area contributed by atoms with Crippen LogP contribution in [0, 0.1) is 0 Å². The predicted molar refractivity (Wildman–Crippen MR) is 96.1 cm³/mol. The molecule has 0 amide bonds. The molecule has 0 saturated heterocycles. The van der Waals surface area contributed by atoms with E-state index in [0.717, 1.165) is 22.0 Å². The maximum atomic E-state index is 13.0. The van der Waals surface area contributed by atoms with Crippen molar-refractivity contribution in [1.82, 2.24) is 24.1 Å². The topological polar surface area (TPSA) is 83.9 Å². The van der Waals surface area contributed by atoms with Gasteiger partial charge in [-0.25, -0.2) is 9.48 Å². The molecule has 0 aliphatic carbocycles. The first-order valence-corrected chi connectivity index (χ1v) is 8.04. The second-order valence-electron chi connectivity index (χ2n) is 6.13. The molecule has 0 saturated carbocycles. The molecule has 0 aliphatic heterocycles. The Bertz CT molecular complexity index is 1210. The van der Waals surface area contributed by atoms with Gasteiger partial charge in [0.25, 0.3) is 5.56 Å². The lowest BCUT2D eigenvalue weighted by Crippen LogP contribution is -2.24. The second-order valence-corrected chi connectivity index (χ2v) is 6.13. The van der Waals surface area contributed by atoms with Crippen LogP contribution in [0.1, 0.15) is 16.1 Å². The minimum absolute atomic E-state index is 0.202. The van der Waals surface area contributed by atoms with Crippen molar-refractivity contribution in [2.75, 3.05) is 7.11 Å². The molecule has 8 nitrogen and oxygen atoms in total. The van der Waals surface area contributed by atoms with Crippen molar-refractivity contribution in [3.8, 4) is 0 Å². The number of rotatable bonds is 3. The molecule has 0 unspecified atom stereocenters. The lowest BCUT2D eigenvalue weighted by molar-refractivity contribution is 0.0601. The fourth-order valence-corrected chi connectivity index (χ4v) is 3.22. The number of ether oxygens (including phenoxy) is 1. The van der Waals surface area contributed by atoms with Crippen LogP contribution in [-0.4, -0.2) is 37.2 Å². The highest BCUT2D eigenvalue weighted by Crippen LogP contribution is 2.26. The number of nitrogens with zero attached hydrogens (tertiary/aromatic N) is 5. The smallest absolute Gasteiger partial charge is 0.337 e. The maximum Gasteiger partial charge on any atom is 0.337 e. The number of carbonyl (C=O) groups excluding carboxylic acids is 1. The molecule has 0 atom stereocenters. The Hall–Kier alpha value is -3.42. The molecule has 4 aromatic rings. The van der Waals surface area contributed by atoms with Gasteiger partial charge in [0, 0.05) is 36.6 Å². The van der Waals surface area contributed by atoms with Crippen molar-refractivity contribution in [3.63, 3.8) is 0 Å². The number of benzene rings is 1. The zero-order valence-corrected chi connectivity index (χ0v) is 14.6. The van der Waals surface area contributed by atoms with E-state index in [0.29, 0.717) is 17.6 Å². The van der Waals surface area contributed by atoms with Crippen LogP contribution in [-0.2, 0) is 25.4 Å². The van der Waals surface area contributed by atoms with Gasteiger partial charge in [-0.15, -0.1) is 0 Å². The van der Waals surface area contributed by atoms with Gasteiger partial charge in [0.1, 0.15) is 5.52 Å². The van der Waals surface area contributed by atoms with E-state index in [1.807, 2.05) is 25.4 Å². The van der Waals surface area contributed by atoms with Gasteiger partial charge in [-0.1, -0.05) is 6.07 Å². The molecule has 132 valence electrons. The molecule has 4 rings (SSSR count). The van der Waals surface area contributed by atoms with Gasteiger partial charge in [-0.05, 0) is 18.2 Å². The van der Waals surface area contributed by atoms with Gasteiger partial charge in [0.15, 0.2) is 0 Å². The highest BCUT2D eigenvalue weighted by Gasteiger charge is 2.16. The number of hydrogen-bond donors (Lipinski definition) is 0. The first kappa shape index (κ1) is 16.1. The van der Waals surface area contributed by atoms with E-state index in [4.69, 9.17) is 4.74 Å². The fraction of sp³-hybridized carbons (Fsp3) is 0.222. The average Bonchev–Trinajstić information content (AvgIpc) is 3.18. The normalized spacial score (nSPS) is 11.3. The summed E-state index contributed by atoms with van der Waals surface area (Å²) in [6.07, 6.45) is 3.50. The van der Waals surface area contributed by atoms with Crippen molar-refractivity contribution in [1.29, 1.82) is 0 Å². The molecule has 8 heteroatoms. The van der Waals surface area contributed by atoms with Gasteiger partial charge in [-0.2, -0.15) is 10.2 Å². The van der Waals surface area contributed by atoms with Gasteiger partial charge in [0.2, 0.25) is 0 Å². The monoisotopic (exact) mass is 351 g/mol. The molecule has 1 aromatic carbocycles. The Morgan fingerprint density at radius 1 is 1.19 bits per heavy atom. The zero-order valence-electron chi connectivity index (χ0n) is 14.6. The molecular formula is C18H17N5O3. The SMILES string of the molecule is COC(=O)c1ccc2c3cnn(Cc4ccn(C)n4)c(=O)c3n(C)c2c1. The summed E-state index contributed by atoms with van der Waals surface area (Å²) in [6.45, 7) is 0.296. The van der Waals surface area contributed by atoms with Crippen LogP contribution in [0.5, 0.6) is 0 Å². The number of aryl methyl sites for hydroxylation is 2. The summed E-state index contributed by atoms with van der Waals surface area (Å²) < 4.78 is 9.64. The molecule has 0 aliphatic rings. The molecule has 0 bridgehead atoms. The molecule has 0 N–H and O–H groups in total. The van der Waals surface area contributed by atoms with Crippen molar-refractivity contribution in [2.24, 2.45) is 14.1 Å². The Morgan fingerprint density at radius 2 is 2.00 bits per heavy atom. The Morgan fingerprint density at radius 3 is 2.69 bits per heavy atom. The number of methoxy groups -OCH3 is 1. The van der Waals surface area contributed by atoms with E-state index in [1.165, 1.54) is 11.8 Å². The van der Waals surface area contributed by atoms with Crippen molar-refractivity contribution < 1.29 is 9.53 Å². The fourth-order valence-electron chi connectivity index (χ4n) is 3.22. The lowest BCUT2D eigenvalue weighted by Gasteiger charge is -2.03. The number of carbonyl (C=O) groups is 1. The number of esters is 1. The molecule has 0 spiro atoms. The zero-order chi connectivity index (χ0) is 18.4. The van der Waals surface area contributed by atoms with E-state index < -0.39 is 5.97 Å². The van der Waals surface area contributed by atoms with Gasteiger partial charge >= 0.3 is 5.97 Å². The summed E-state index contributed by atoms with van der Waals surface area (Å²) in [5.41, 5.74) is 2.30. The van der Waals surface area contributed by atoms with Crippen LogP contribution in [0.2, 0.25) is 0 Å². The average molecular weight is 351 g/mol. The van der Waals surface area contributed by atoms with Crippen LogP contribution in [0.25, 0.3) is 21.8 Å². The molecule has 26 heavy (non-hydrogen) atoms. The van der Waals surface area contributed by atoms with Crippen molar-refractivity contribution >= 4 is 27.8 Å². The lowest BCUT2D eigenvalue weighted by atomic mass is 10.1. The Labute approximate surface area is 148 Å². The number of aromatic nitrogens is 5. The van der Waals surface area contributed by atoms with E-state index in [-0.39, 0.29) is 5.56 Å². The molecule has 0 radical (unpaired) electrons. The van der Waals surface area contributed by atoms with E-state index >= 15 is 0 Å². The highest BCUT2D eigenvalue weighted by atomic mass is 16.5. The summed E-state index contributed by atoms with van der Waals surface area (Å²) in [5.74, 6) is -0.414. The van der Waals surface area contributed by atoms with Crippen LogP contribution in [0.15, 0.2) is 41.5 Å². The third kappa shape index (κ3) is 2.38. The highest BCUT2D eigenvalue weighted by molar-refractivity contribution is 6.09. The van der Waals surface area contributed by atoms with Gasteiger partial charge in [-0.3, -0.25) is 9.48 Å². The molecular weight excluding hydrogens is 334 g/mol. The summed E-state index contributed by atoms with van der Waals surface area (Å²) in [4.78, 5) is 24.7. The Balaban J connectivity index is 1.91. The summed E-state index contributed by atoms with van der Waals surface area (Å²) in [6, 6.07) is 7.08. The first-order valence-electron chi connectivity index (χ1n) is 8.04. The standard InChI is InChI=1S/C18H17N5O3/c1-21-7-6-12(20-21)10-23-17(24)16-14(9-19-23)13-5-4-11(18(25)26-3)8-15(13)22(16)2/h4-9H,10H2,1-3H3. The molecule has 3 heterocycles. The number of hydrogen-bond acceptors (Lipinski definition) is 5. The second kappa shape index (κ2) is 5.83. The first-order chi connectivity index (χ1) is 12.5.